The minimum atomic E-state index is -0.730. The molecule has 0 aliphatic heterocycles. The van der Waals surface area contributed by atoms with Crippen LogP contribution >= 0.6 is 0 Å². The largest absolute Gasteiger partial charge is 0.351 e. The number of nitrogens with one attached hydrogen (secondary N) is 3. The lowest BCUT2D eigenvalue weighted by Gasteiger charge is -2.02. The maximum absolute atomic E-state index is 10.9. The molecule has 0 saturated carbocycles. The zero-order valence-electron chi connectivity index (χ0n) is 10.1. The average Bonchev–Trinajstić information content (AvgIpc) is 2.76. The number of carbonyl (C=O) groups excluding carboxylic acids is 2. The number of amides is 3. The van der Waals surface area contributed by atoms with Crippen LogP contribution < -0.4 is 16.4 Å². The molecule has 0 spiro atoms. The molecule has 2 aromatic rings. The van der Waals surface area contributed by atoms with Crippen LogP contribution in [0.5, 0.6) is 0 Å². The van der Waals surface area contributed by atoms with Gasteiger partial charge in [-0.15, -0.1) is 5.10 Å². The van der Waals surface area contributed by atoms with Crippen molar-refractivity contribution in [2.45, 2.75) is 6.92 Å². The van der Waals surface area contributed by atoms with E-state index >= 15 is 0 Å². The van der Waals surface area contributed by atoms with Gasteiger partial charge in [-0.25, -0.2) is 4.79 Å². The molecule has 3 amide bonds. The molecule has 0 unspecified atom stereocenters. The van der Waals surface area contributed by atoms with Crippen molar-refractivity contribution in [3.05, 3.63) is 24.3 Å². The van der Waals surface area contributed by atoms with Crippen molar-refractivity contribution in [2.24, 2.45) is 5.73 Å². The second-order valence-corrected chi connectivity index (χ2v) is 3.76. The van der Waals surface area contributed by atoms with E-state index < -0.39 is 6.03 Å². The van der Waals surface area contributed by atoms with Gasteiger partial charge in [-0.05, 0) is 24.3 Å². The Bertz CT molecular complexity index is 604. The number of anilines is 2. The molecular weight excluding hydrogens is 248 g/mol. The first-order valence-electron chi connectivity index (χ1n) is 5.41. The van der Waals surface area contributed by atoms with Gasteiger partial charge in [-0.1, -0.05) is 0 Å². The van der Waals surface area contributed by atoms with Crippen molar-refractivity contribution in [3.63, 3.8) is 0 Å². The number of benzene rings is 1. The summed E-state index contributed by atoms with van der Waals surface area (Å²) < 4.78 is 0. The number of nitrogens with two attached hydrogens (primary N) is 1. The molecule has 0 radical (unpaired) electrons. The number of aromatic amines is 1. The number of primary amides is 1. The highest BCUT2D eigenvalue weighted by atomic mass is 16.2. The molecule has 0 fully saturated rings. The summed E-state index contributed by atoms with van der Waals surface area (Å²) in [5.41, 5.74) is 6.40. The molecule has 8 heteroatoms. The van der Waals surface area contributed by atoms with Gasteiger partial charge in [0.15, 0.2) is 5.82 Å². The van der Waals surface area contributed by atoms with Crippen LogP contribution in [-0.2, 0) is 4.79 Å². The molecule has 0 aliphatic carbocycles. The highest BCUT2D eigenvalue weighted by molar-refractivity contribution is 5.89. The normalized spacial score (nSPS) is 9.95. The third kappa shape index (κ3) is 3.28. The van der Waals surface area contributed by atoms with Gasteiger partial charge in [0.1, 0.15) is 0 Å². The summed E-state index contributed by atoms with van der Waals surface area (Å²) in [4.78, 5) is 25.6. The Morgan fingerprint density at radius 3 is 2.47 bits per heavy atom. The monoisotopic (exact) mass is 260 g/mol. The Morgan fingerprint density at radius 1 is 1.21 bits per heavy atom. The Hall–Kier alpha value is -2.90. The highest BCUT2D eigenvalue weighted by Gasteiger charge is 2.07. The van der Waals surface area contributed by atoms with Crippen LogP contribution in [0.1, 0.15) is 6.92 Å². The smallest absolute Gasteiger partial charge is 0.319 e. The first-order chi connectivity index (χ1) is 9.04. The van der Waals surface area contributed by atoms with E-state index in [2.05, 4.69) is 25.8 Å². The second kappa shape index (κ2) is 5.17. The molecule has 0 saturated heterocycles. The molecule has 98 valence electrons. The quantitative estimate of drug-likeness (QED) is 0.654. The van der Waals surface area contributed by atoms with Crippen molar-refractivity contribution in [3.8, 4) is 11.4 Å². The number of rotatable bonds is 3. The maximum Gasteiger partial charge on any atom is 0.319 e. The number of aromatic nitrogens is 3. The standard InChI is InChI=1S/C11H12N6O2/c1-6(18)13-8-4-2-7(3-5-8)9-14-11(17-16-9)15-10(12)19/h2-5H,1H3,(H,13,18)(H4,12,14,15,16,17,19). The minimum Gasteiger partial charge on any atom is -0.351 e. The van der Waals surface area contributed by atoms with E-state index in [1.807, 2.05) is 0 Å². The first kappa shape index (κ1) is 12.6. The SMILES string of the molecule is CC(=O)Nc1ccc(-c2nc(NC(N)=O)n[nH]2)cc1. The summed E-state index contributed by atoms with van der Waals surface area (Å²) in [7, 11) is 0. The molecule has 1 aromatic heterocycles. The summed E-state index contributed by atoms with van der Waals surface area (Å²) in [6, 6.07) is 6.27. The molecule has 5 N–H and O–H groups in total. The number of H-pyrrole nitrogens is 1. The Labute approximate surface area is 108 Å². The first-order valence-corrected chi connectivity index (χ1v) is 5.41. The third-order valence-corrected chi connectivity index (χ3v) is 2.20. The lowest BCUT2D eigenvalue weighted by molar-refractivity contribution is -0.114. The van der Waals surface area contributed by atoms with E-state index in [0.29, 0.717) is 11.5 Å². The topological polar surface area (TPSA) is 126 Å². The predicted octanol–water partition coefficient (Wildman–Crippen LogP) is 0.921. The van der Waals surface area contributed by atoms with E-state index in [9.17, 15) is 9.59 Å². The van der Waals surface area contributed by atoms with Crippen LogP contribution in [0.15, 0.2) is 24.3 Å². The zero-order chi connectivity index (χ0) is 13.8. The summed E-state index contributed by atoms with van der Waals surface area (Å²) in [5, 5.41) is 11.4. The van der Waals surface area contributed by atoms with Crippen molar-refractivity contribution in [2.75, 3.05) is 10.6 Å². The predicted molar refractivity (Wildman–Crippen MR) is 69.3 cm³/mol. The second-order valence-electron chi connectivity index (χ2n) is 3.76. The van der Waals surface area contributed by atoms with E-state index in [1.165, 1.54) is 6.92 Å². The summed E-state index contributed by atoms with van der Waals surface area (Å²) in [5.74, 6) is 0.451. The molecule has 8 nitrogen and oxygen atoms in total. The Morgan fingerprint density at radius 2 is 1.89 bits per heavy atom. The van der Waals surface area contributed by atoms with Gasteiger partial charge >= 0.3 is 6.03 Å². The molecule has 0 atom stereocenters. The van der Waals surface area contributed by atoms with Gasteiger partial charge < -0.3 is 11.1 Å². The lowest BCUT2D eigenvalue weighted by atomic mass is 10.2. The van der Waals surface area contributed by atoms with Gasteiger partial charge in [-0.3, -0.25) is 15.2 Å². The molecule has 0 aliphatic rings. The minimum absolute atomic E-state index is 0.105. The molecular formula is C11H12N6O2. The van der Waals surface area contributed by atoms with E-state index in [1.54, 1.807) is 24.3 Å². The van der Waals surface area contributed by atoms with Crippen LogP contribution in [0.2, 0.25) is 0 Å². The number of hydrogen-bond donors (Lipinski definition) is 4. The summed E-state index contributed by atoms with van der Waals surface area (Å²) in [6.07, 6.45) is 0. The van der Waals surface area contributed by atoms with Crippen LogP contribution in [-0.4, -0.2) is 27.1 Å². The fraction of sp³-hybridized carbons (Fsp3) is 0.0909. The van der Waals surface area contributed by atoms with Crippen molar-refractivity contribution < 1.29 is 9.59 Å². The van der Waals surface area contributed by atoms with Crippen LogP contribution in [0.25, 0.3) is 11.4 Å². The average molecular weight is 260 g/mol. The Kier molecular flexibility index (Phi) is 3.42. The van der Waals surface area contributed by atoms with Gasteiger partial charge in [0, 0.05) is 18.2 Å². The number of hydrogen-bond acceptors (Lipinski definition) is 4. The van der Waals surface area contributed by atoms with Crippen molar-refractivity contribution in [1.29, 1.82) is 0 Å². The fourth-order valence-corrected chi connectivity index (χ4v) is 1.47. The molecule has 1 aromatic carbocycles. The number of urea groups is 1. The zero-order valence-corrected chi connectivity index (χ0v) is 10.1. The molecule has 19 heavy (non-hydrogen) atoms. The lowest BCUT2D eigenvalue weighted by Crippen LogP contribution is -2.20. The molecule has 1 heterocycles. The molecule has 2 rings (SSSR count). The number of nitrogens with zero attached hydrogens (tertiary/aromatic N) is 2. The summed E-state index contributed by atoms with van der Waals surface area (Å²) in [6.45, 7) is 1.44. The van der Waals surface area contributed by atoms with E-state index in [4.69, 9.17) is 5.73 Å². The van der Waals surface area contributed by atoms with Gasteiger partial charge in [0.25, 0.3) is 0 Å². The third-order valence-electron chi connectivity index (χ3n) is 2.20. The maximum atomic E-state index is 10.9. The van der Waals surface area contributed by atoms with Crippen LogP contribution in [0.4, 0.5) is 16.4 Å². The van der Waals surface area contributed by atoms with Crippen molar-refractivity contribution in [1.82, 2.24) is 15.2 Å². The van der Waals surface area contributed by atoms with E-state index in [0.717, 1.165) is 5.56 Å². The molecule has 0 bridgehead atoms. The fourth-order valence-electron chi connectivity index (χ4n) is 1.47. The van der Waals surface area contributed by atoms with Crippen LogP contribution in [0, 0.1) is 0 Å². The summed E-state index contributed by atoms with van der Waals surface area (Å²) >= 11 is 0. The van der Waals surface area contributed by atoms with Crippen LogP contribution in [0.3, 0.4) is 0 Å². The number of carbonyl (C=O) groups is 2. The van der Waals surface area contributed by atoms with Gasteiger partial charge in [-0.2, -0.15) is 4.98 Å². The Balaban J connectivity index is 2.15. The van der Waals surface area contributed by atoms with Gasteiger partial charge in [0.2, 0.25) is 11.9 Å². The van der Waals surface area contributed by atoms with E-state index in [-0.39, 0.29) is 11.9 Å². The van der Waals surface area contributed by atoms with Gasteiger partial charge in [0.05, 0.1) is 0 Å². The highest BCUT2D eigenvalue weighted by Crippen LogP contribution is 2.18. The van der Waals surface area contributed by atoms with Crippen molar-refractivity contribution >= 4 is 23.6 Å².